The maximum absolute atomic E-state index is 7.23. The minimum atomic E-state index is -0.131. The van der Waals surface area contributed by atoms with E-state index in [4.69, 9.17) is 20.6 Å². The highest BCUT2D eigenvalue weighted by atomic mass is 16.5. The monoisotopic (exact) mass is 258 g/mol. The average molecular weight is 258 g/mol. The van der Waals surface area contributed by atoms with Crippen LogP contribution in [-0.2, 0) is 0 Å². The molecule has 98 valence electrons. The van der Waals surface area contributed by atoms with Gasteiger partial charge in [0.05, 0.1) is 19.0 Å². The van der Waals surface area contributed by atoms with Crippen molar-refractivity contribution < 1.29 is 9.47 Å². The Hall–Kier alpha value is -2.63. The maximum Gasteiger partial charge on any atom is 0.238 e. The third-order valence-corrected chi connectivity index (χ3v) is 2.27. The second-order valence-electron chi connectivity index (χ2n) is 3.64. The summed E-state index contributed by atoms with van der Waals surface area (Å²) in [7, 11) is 0. The van der Waals surface area contributed by atoms with E-state index in [1.165, 1.54) is 12.4 Å². The number of benzene rings is 1. The number of nitrogens with one attached hydrogen (secondary N) is 1. The summed E-state index contributed by atoms with van der Waals surface area (Å²) in [6, 6.07) is 7.30. The normalized spacial score (nSPS) is 9.95. The van der Waals surface area contributed by atoms with Gasteiger partial charge in [0.25, 0.3) is 0 Å². The van der Waals surface area contributed by atoms with Crippen molar-refractivity contribution in [3.05, 3.63) is 42.4 Å². The Morgan fingerprint density at radius 2 is 1.95 bits per heavy atom. The van der Waals surface area contributed by atoms with Gasteiger partial charge in [0.1, 0.15) is 11.5 Å². The lowest BCUT2D eigenvalue weighted by Gasteiger charge is -2.10. The van der Waals surface area contributed by atoms with Gasteiger partial charge in [0, 0.05) is 0 Å². The van der Waals surface area contributed by atoms with E-state index in [0.717, 1.165) is 0 Å². The Bertz CT molecular complexity index is 569. The van der Waals surface area contributed by atoms with E-state index in [2.05, 4.69) is 9.97 Å². The molecule has 6 nitrogen and oxygen atoms in total. The van der Waals surface area contributed by atoms with Crippen LogP contribution in [0.15, 0.2) is 36.7 Å². The number of nitrogens with zero attached hydrogens (tertiary/aromatic N) is 2. The Morgan fingerprint density at radius 3 is 2.53 bits per heavy atom. The molecule has 0 saturated carbocycles. The fourth-order valence-corrected chi connectivity index (χ4v) is 1.43. The fourth-order valence-electron chi connectivity index (χ4n) is 1.43. The molecule has 1 aromatic heterocycles. The summed E-state index contributed by atoms with van der Waals surface area (Å²) in [5, 5.41) is 7.23. The number of rotatable bonds is 5. The molecule has 6 heteroatoms. The Labute approximate surface area is 110 Å². The minimum absolute atomic E-state index is 0.131. The van der Waals surface area contributed by atoms with E-state index in [9.17, 15) is 0 Å². The number of hydrogen-bond donors (Lipinski definition) is 2. The molecule has 0 aliphatic carbocycles. The smallest absolute Gasteiger partial charge is 0.238 e. The molecule has 0 fully saturated rings. The van der Waals surface area contributed by atoms with Crippen molar-refractivity contribution in [1.82, 2.24) is 9.97 Å². The first kappa shape index (κ1) is 12.8. The van der Waals surface area contributed by atoms with Crippen LogP contribution in [0.4, 0.5) is 0 Å². The van der Waals surface area contributed by atoms with Crippen LogP contribution in [0.1, 0.15) is 12.6 Å². The Balaban J connectivity index is 2.19. The summed E-state index contributed by atoms with van der Waals surface area (Å²) >= 11 is 0. The predicted octanol–water partition coefficient (Wildman–Crippen LogP) is 1.95. The van der Waals surface area contributed by atoms with Crippen LogP contribution in [0.5, 0.6) is 17.4 Å². The molecule has 0 radical (unpaired) electrons. The summed E-state index contributed by atoms with van der Waals surface area (Å²) < 4.78 is 11.0. The topological polar surface area (TPSA) is 94.1 Å². The lowest BCUT2D eigenvalue weighted by atomic mass is 10.3. The molecular weight excluding hydrogens is 244 g/mol. The van der Waals surface area contributed by atoms with E-state index in [0.29, 0.717) is 29.7 Å². The molecule has 3 N–H and O–H groups in total. The zero-order valence-electron chi connectivity index (χ0n) is 10.5. The van der Waals surface area contributed by atoms with Gasteiger partial charge < -0.3 is 15.2 Å². The molecule has 0 saturated heterocycles. The highest BCUT2D eigenvalue weighted by Gasteiger charge is 2.07. The SMILES string of the molecule is CCOc1ccccc1Oc1cnc(C(=N)N)cn1. The molecule has 0 amide bonds. The van der Waals surface area contributed by atoms with Gasteiger partial charge in [-0.15, -0.1) is 0 Å². The van der Waals surface area contributed by atoms with Crippen LogP contribution in [0.2, 0.25) is 0 Å². The van der Waals surface area contributed by atoms with Gasteiger partial charge in [0.15, 0.2) is 11.5 Å². The first-order chi connectivity index (χ1) is 9.20. The van der Waals surface area contributed by atoms with Crippen molar-refractivity contribution in [2.24, 2.45) is 5.73 Å². The Kier molecular flexibility index (Phi) is 3.92. The third-order valence-electron chi connectivity index (χ3n) is 2.27. The first-order valence-corrected chi connectivity index (χ1v) is 5.77. The van der Waals surface area contributed by atoms with E-state index in [-0.39, 0.29) is 5.84 Å². The van der Waals surface area contributed by atoms with E-state index in [1.807, 2.05) is 25.1 Å². The van der Waals surface area contributed by atoms with E-state index in [1.54, 1.807) is 6.07 Å². The number of hydrogen-bond acceptors (Lipinski definition) is 5. The van der Waals surface area contributed by atoms with Gasteiger partial charge in [-0.1, -0.05) is 12.1 Å². The lowest BCUT2D eigenvalue weighted by Crippen LogP contribution is -2.13. The van der Waals surface area contributed by atoms with Crippen LogP contribution in [0.25, 0.3) is 0 Å². The quantitative estimate of drug-likeness (QED) is 0.631. The van der Waals surface area contributed by atoms with Crippen molar-refractivity contribution in [3.8, 4) is 17.4 Å². The molecule has 2 rings (SSSR count). The average Bonchev–Trinajstić information content (AvgIpc) is 2.42. The van der Waals surface area contributed by atoms with Gasteiger partial charge in [-0.25, -0.2) is 9.97 Å². The van der Waals surface area contributed by atoms with Crippen LogP contribution < -0.4 is 15.2 Å². The van der Waals surface area contributed by atoms with Crippen LogP contribution in [0.3, 0.4) is 0 Å². The Morgan fingerprint density at radius 1 is 1.21 bits per heavy atom. The fraction of sp³-hybridized carbons (Fsp3) is 0.154. The summed E-state index contributed by atoms with van der Waals surface area (Å²) in [4.78, 5) is 8.01. The molecule has 2 aromatic rings. The summed E-state index contributed by atoms with van der Waals surface area (Å²) in [6.07, 6.45) is 2.81. The second kappa shape index (κ2) is 5.81. The molecule has 0 aliphatic heterocycles. The zero-order chi connectivity index (χ0) is 13.7. The number of nitrogens with two attached hydrogens (primary N) is 1. The molecule has 0 atom stereocenters. The molecule has 0 bridgehead atoms. The van der Waals surface area contributed by atoms with Crippen LogP contribution in [-0.4, -0.2) is 22.4 Å². The lowest BCUT2D eigenvalue weighted by molar-refractivity contribution is 0.319. The van der Waals surface area contributed by atoms with Gasteiger partial charge in [-0.2, -0.15) is 0 Å². The summed E-state index contributed by atoms with van der Waals surface area (Å²) in [5.74, 6) is 1.39. The molecule has 1 aromatic carbocycles. The molecule has 0 aliphatic rings. The predicted molar refractivity (Wildman–Crippen MR) is 70.7 cm³/mol. The number of aromatic nitrogens is 2. The van der Waals surface area contributed by atoms with E-state index < -0.39 is 0 Å². The first-order valence-electron chi connectivity index (χ1n) is 5.77. The van der Waals surface area contributed by atoms with Crippen molar-refractivity contribution in [3.63, 3.8) is 0 Å². The summed E-state index contributed by atoms with van der Waals surface area (Å²) in [5.41, 5.74) is 5.61. The highest BCUT2D eigenvalue weighted by molar-refractivity contribution is 5.92. The summed E-state index contributed by atoms with van der Waals surface area (Å²) in [6.45, 7) is 2.45. The number of nitrogen functional groups attached to an aromatic ring is 1. The van der Waals surface area contributed by atoms with E-state index >= 15 is 0 Å². The highest BCUT2D eigenvalue weighted by Crippen LogP contribution is 2.29. The molecule has 1 heterocycles. The van der Waals surface area contributed by atoms with Crippen molar-refractivity contribution in [2.45, 2.75) is 6.92 Å². The van der Waals surface area contributed by atoms with Gasteiger partial charge in [-0.3, -0.25) is 5.41 Å². The van der Waals surface area contributed by atoms with Crippen molar-refractivity contribution >= 4 is 5.84 Å². The molecule has 19 heavy (non-hydrogen) atoms. The standard InChI is InChI=1S/C13H14N4O2/c1-2-18-10-5-3-4-6-11(10)19-12-8-16-9(7-17-12)13(14)15/h3-8H,2H2,1H3,(H3,14,15). The molecular formula is C13H14N4O2. The van der Waals surface area contributed by atoms with Gasteiger partial charge in [-0.05, 0) is 19.1 Å². The van der Waals surface area contributed by atoms with Crippen LogP contribution in [0, 0.1) is 5.41 Å². The third kappa shape index (κ3) is 3.19. The second-order valence-corrected chi connectivity index (χ2v) is 3.64. The van der Waals surface area contributed by atoms with Gasteiger partial charge in [0.2, 0.25) is 5.88 Å². The number of ether oxygens (including phenoxy) is 2. The molecule has 0 unspecified atom stereocenters. The number of para-hydroxylation sites is 2. The largest absolute Gasteiger partial charge is 0.490 e. The molecule has 0 spiro atoms. The number of amidine groups is 1. The minimum Gasteiger partial charge on any atom is -0.490 e. The zero-order valence-corrected chi connectivity index (χ0v) is 10.5. The maximum atomic E-state index is 7.23. The van der Waals surface area contributed by atoms with Crippen LogP contribution >= 0.6 is 0 Å². The van der Waals surface area contributed by atoms with Crippen molar-refractivity contribution in [2.75, 3.05) is 6.61 Å². The van der Waals surface area contributed by atoms with Gasteiger partial charge >= 0.3 is 0 Å². The van der Waals surface area contributed by atoms with Crippen molar-refractivity contribution in [1.29, 1.82) is 5.41 Å².